The van der Waals surface area contributed by atoms with Crippen molar-refractivity contribution in [1.82, 2.24) is 5.32 Å². The van der Waals surface area contributed by atoms with Crippen LogP contribution in [0.4, 0.5) is 4.79 Å². The van der Waals surface area contributed by atoms with Crippen LogP contribution in [0.15, 0.2) is 0 Å². The summed E-state index contributed by atoms with van der Waals surface area (Å²) in [6.45, 7) is 2.63. The molecule has 0 bridgehead atoms. The fraction of sp³-hybridized carbons (Fsp3) is 0.895. The minimum absolute atomic E-state index is 0.371. The molecule has 2 aliphatic carbocycles. The smallest absolute Gasteiger partial charge is 0.407 e. The Morgan fingerprint density at radius 3 is 2.00 bits per heavy atom. The van der Waals surface area contributed by atoms with Crippen LogP contribution in [0.5, 0.6) is 0 Å². The Hall–Kier alpha value is -1.30. The number of ether oxygens (including phenoxy) is 2. The van der Waals surface area contributed by atoms with Gasteiger partial charge in [0.15, 0.2) is 6.04 Å². The second kappa shape index (κ2) is 10.6. The number of carbonyl (C=O) groups is 2. The Morgan fingerprint density at radius 2 is 1.48 bits per heavy atom. The van der Waals surface area contributed by atoms with Crippen molar-refractivity contribution in [2.45, 2.75) is 83.3 Å². The first-order valence-electron chi connectivity index (χ1n) is 9.84. The summed E-state index contributed by atoms with van der Waals surface area (Å²) >= 11 is 0. The van der Waals surface area contributed by atoms with E-state index in [0.29, 0.717) is 25.0 Å². The lowest BCUT2D eigenvalue weighted by molar-refractivity contribution is -0.143. The van der Waals surface area contributed by atoms with Crippen molar-refractivity contribution in [2.75, 3.05) is 13.2 Å². The summed E-state index contributed by atoms with van der Waals surface area (Å²) < 4.78 is 11.0. The maximum absolute atomic E-state index is 12.0. The van der Waals surface area contributed by atoms with Gasteiger partial charge in [0.25, 0.3) is 0 Å². The predicted molar refractivity (Wildman–Crippen MR) is 94.5 cm³/mol. The highest BCUT2D eigenvalue weighted by Gasteiger charge is 2.29. The average Bonchev–Trinajstić information content (AvgIpc) is 2.64. The van der Waals surface area contributed by atoms with Crippen LogP contribution in [-0.2, 0) is 14.3 Å². The fourth-order valence-corrected chi connectivity index (χ4v) is 3.83. The van der Waals surface area contributed by atoms with E-state index in [2.05, 4.69) is 5.32 Å². The molecule has 0 aromatic carbocycles. The maximum atomic E-state index is 12.0. The number of rotatable bonds is 8. The van der Waals surface area contributed by atoms with Crippen molar-refractivity contribution in [3.05, 3.63) is 0 Å². The lowest BCUT2D eigenvalue weighted by Crippen LogP contribution is -2.49. The van der Waals surface area contributed by atoms with Gasteiger partial charge in [0, 0.05) is 6.61 Å². The van der Waals surface area contributed by atoms with Gasteiger partial charge in [-0.1, -0.05) is 38.5 Å². The number of carbonyl (C=O) groups excluding carboxylic acids is 1. The number of amides is 1. The van der Waals surface area contributed by atoms with Gasteiger partial charge in [0.1, 0.15) is 0 Å². The fourth-order valence-electron chi connectivity index (χ4n) is 3.83. The van der Waals surface area contributed by atoms with Gasteiger partial charge in [0.05, 0.1) is 12.7 Å². The van der Waals surface area contributed by atoms with Crippen molar-refractivity contribution >= 4 is 12.1 Å². The lowest BCUT2D eigenvalue weighted by atomic mass is 9.90. The first kappa shape index (κ1) is 20.0. The molecule has 1 amide bonds. The van der Waals surface area contributed by atoms with Gasteiger partial charge in [0.2, 0.25) is 0 Å². The Morgan fingerprint density at radius 1 is 0.960 bits per heavy atom. The van der Waals surface area contributed by atoms with E-state index in [0.717, 1.165) is 25.7 Å². The molecule has 2 unspecified atom stereocenters. The summed E-state index contributed by atoms with van der Waals surface area (Å²) in [5.41, 5.74) is 0. The van der Waals surface area contributed by atoms with Crippen LogP contribution in [-0.4, -0.2) is 42.5 Å². The molecule has 144 valence electrons. The molecule has 0 radical (unpaired) electrons. The highest BCUT2D eigenvalue weighted by Crippen LogP contribution is 2.25. The number of aliphatic carboxylic acids is 1. The molecule has 0 saturated heterocycles. The molecule has 2 rings (SSSR count). The third-order valence-electron chi connectivity index (χ3n) is 5.50. The molecule has 0 aromatic rings. The third-order valence-corrected chi connectivity index (χ3v) is 5.50. The lowest BCUT2D eigenvalue weighted by Gasteiger charge is -2.26. The summed E-state index contributed by atoms with van der Waals surface area (Å²) in [5, 5.41) is 11.9. The van der Waals surface area contributed by atoms with E-state index in [1.807, 2.05) is 0 Å². The van der Waals surface area contributed by atoms with Crippen LogP contribution in [0.2, 0.25) is 0 Å². The molecule has 0 heterocycles. The number of alkyl carbamates (subject to hydrolysis) is 1. The summed E-state index contributed by atoms with van der Waals surface area (Å²) in [7, 11) is 0. The standard InChI is InChI=1S/C19H33NO5/c1-14(24-12-15-8-4-2-5-9-15)17(18(21)22)20-19(23)25-13-16-10-6-3-7-11-16/h14-17H,2-13H2,1H3,(H,20,23)(H,21,22). The van der Waals surface area contributed by atoms with Crippen molar-refractivity contribution < 1.29 is 24.2 Å². The minimum Gasteiger partial charge on any atom is -0.480 e. The second-order valence-electron chi connectivity index (χ2n) is 7.61. The first-order valence-corrected chi connectivity index (χ1v) is 9.84. The van der Waals surface area contributed by atoms with E-state index in [4.69, 9.17) is 9.47 Å². The van der Waals surface area contributed by atoms with Gasteiger partial charge in [-0.3, -0.25) is 0 Å². The quantitative estimate of drug-likeness (QED) is 0.693. The highest BCUT2D eigenvalue weighted by molar-refractivity contribution is 5.80. The molecule has 2 fully saturated rings. The van der Waals surface area contributed by atoms with Crippen molar-refractivity contribution in [3.8, 4) is 0 Å². The van der Waals surface area contributed by atoms with E-state index in [9.17, 15) is 14.7 Å². The van der Waals surface area contributed by atoms with E-state index in [1.54, 1.807) is 6.92 Å². The van der Waals surface area contributed by atoms with Crippen molar-refractivity contribution in [1.29, 1.82) is 0 Å². The van der Waals surface area contributed by atoms with Crippen LogP contribution < -0.4 is 5.32 Å². The van der Waals surface area contributed by atoms with Crippen molar-refractivity contribution in [2.24, 2.45) is 11.8 Å². The zero-order chi connectivity index (χ0) is 18.1. The van der Waals surface area contributed by atoms with Crippen LogP contribution in [0, 0.1) is 11.8 Å². The molecule has 2 atom stereocenters. The highest BCUT2D eigenvalue weighted by atomic mass is 16.6. The van der Waals surface area contributed by atoms with Crippen molar-refractivity contribution in [3.63, 3.8) is 0 Å². The molecule has 6 nitrogen and oxygen atoms in total. The molecule has 2 saturated carbocycles. The van der Waals surface area contributed by atoms with E-state index >= 15 is 0 Å². The van der Waals surface area contributed by atoms with Gasteiger partial charge < -0.3 is 19.9 Å². The van der Waals surface area contributed by atoms with Crippen LogP contribution in [0.1, 0.15) is 71.1 Å². The van der Waals surface area contributed by atoms with E-state index in [1.165, 1.54) is 38.5 Å². The number of hydrogen-bond acceptors (Lipinski definition) is 4. The zero-order valence-corrected chi connectivity index (χ0v) is 15.4. The summed E-state index contributed by atoms with van der Waals surface area (Å²) in [6, 6.07) is -1.08. The molecule has 2 N–H and O–H groups in total. The summed E-state index contributed by atoms with van der Waals surface area (Å²) in [6.07, 6.45) is 10.5. The zero-order valence-electron chi connectivity index (χ0n) is 15.4. The Bertz CT molecular complexity index is 416. The minimum atomic E-state index is -1.09. The molecular weight excluding hydrogens is 322 g/mol. The molecular formula is C19H33NO5. The SMILES string of the molecule is CC(OCC1CCCCC1)C(NC(=O)OCC1CCCCC1)C(=O)O. The first-order chi connectivity index (χ1) is 12.1. The molecule has 2 aliphatic rings. The van der Waals surface area contributed by atoms with Gasteiger partial charge in [-0.15, -0.1) is 0 Å². The molecule has 0 spiro atoms. The Balaban J connectivity index is 1.71. The molecule has 0 aliphatic heterocycles. The number of hydrogen-bond donors (Lipinski definition) is 2. The van der Waals surface area contributed by atoms with Gasteiger partial charge in [-0.25, -0.2) is 9.59 Å². The van der Waals surface area contributed by atoms with Gasteiger partial charge in [-0.05, 0) is 44.4 Å². The van der Waals surface area contributed by atoms with Crippen LogP contribution >= 0.6 is 0 Å². The van der Waals surface area contributed by atoms with E-state index < -0.39 is 24.2 Å². The maximum Gasteiger partial charge on any atom is 0.407 e. The molecule has 25 heavy (non-hydrogen) atoms. The number of nitrogens with one attached hydrogen (secondary N) is 1. The summed E-state index contributed by atoms with van der Waals surface area (Å²) in [5.74, 6) is -0.183. The van der Waals surface area contributed by atoms with E-state index in [-0.39, 0.29) is 0 Å². The monoisotopic (exact) mass is 355 g/mol. The second-order valence-corrected chi connectivity index (χ2v) is 7.61. The Kier molecular flexibility index (Phi) is 8.52. The number of carboxylic acid groups (broad SMARTS) is 1. The summed E-state index contributed by atoms with van der Waals surface area (Å²) in [4.78, 5) is 23.4. The Labute approximate surface area is 150 Å². The largest absolute Gasteiger partial charge is 0.480 e. The van der Waals surface area contributed by atoms with Gasteiger partial charge >= 0.3 is 12.1 Å². The molecule has 0 aromatic heterocycles. The topological polar surface area (TPSA) is 84.9 Å². The average molecular weight is 355 g/mol. The van der Waals surface area contributed by atoms with Gasteiger partial charge in [-0.2, -0.15) is 0 Å². The molecule has 6 heteroatoms. The third kappa shape index (κ3) is 7.22. The normalized spacial score (nSPS) is 22.1. The number of carboxylic acids is 1. The predicted octanol–water partition coefficient (Wildman–Crippen LogP) is 3.73. The van der Waals surface area contributed by atoms with Crippen LogP contribution in [0.25, 0.3) is 0 Å². The van der Waals surface area contributed by atoms with Crippen LogP contribution in [0.3, 0.4) is 0 Å².